The van der Waals surface area contributed by atoms with E-state index in [2.05, 4.69) is 53.4 Å². The van der Waals surface area contributed by atoms with Gasteiger partial charge in [-0.3, -0.25) is 9.69 Å². The molecule has 3 rings (SSSR count). The molecule has 1 unspecified atom stereocenters. The van der Waals surface area contributed by atoms with Gasteiger partial charge in [-0.25, -0.2) is 4.39 Å². The quantitative estimate of drug-likeness (QED) is 0.850. The number of nitrogens with one attached hydrogen (secondary N) is 1. The highest BCUT2D eigenvalue weighted by Gasteiger charge is 2.25. The summed E-state index contributed by atoms with van der Waals surface area (Å²) in [4.78, 5) is 17.2. The maximum Gasteiger partial charge on any atom is 0.255 e. The number of likely N-dealkylation sites (N-methyl/N-ethyl adjacent to an activating group) is 1. The van der Waals surface area contributed by atoms with E-state index >= 15 is 0 Å². The van der Waals surface area contributed by atoms with E-state index in [9.17, 15) is 9.18 Å². The summed E-state index contributed by atoms with van der Waals surface area (Å²) in [7, 11) is 2.11. The number of aryl methyl sites for hydroxylation is 1. The molecule has 144 valence electrons. The Hall–Kier alpha value is -1.95. The molecule has 27 heavy (non-hydrogen) atoms. The van der Waals surface area contributed by atoms with Crippen molar-refractivity contribution in [1.82, 2.24) is 15.1 Å². The molecule has 1 atom stereocenters. The van der Waals surface area contributed by atoms with Crippen LogP contribution in [-0.4, -0.2) is 55.5 Å². The normalized spacial score (nSPS) is 16.9. The van der Waals surface area contributed by atoms with Crippen LogP contribution in [0.25, 0.3) is 0 Å². The molecule has 1 N–H and O–H groups in total. The Balaban J connectivity index is 1.77. The average Bonchev–Trinajstić information content (AvgIpc) is 2.64. The van der Waals surface area contributed by atoms with Crippen molar-refractivity contribution in [1.29, 1.82) is 0 Å². The van der Waals surface area contributed by atoms with Crippen LogP contribution in [0, 0.1) is 12.7 Å². The van der Waals surface area contributed by atoms with E-state index in [1.54, 1.807) is 0 Å². The van der Waals surface area contributed by atoms with Crippen LogP contribution in [-0.2, 0) is 0 Å². The van der Waals surface area contributed by atoms with Crippen LogP contribution in [0.15, 0.2) is 42.5 Å². The number of amides is 1. The summed E-state index contributed by atoms with van der Waals surface area (Å²) in [6.07, 6.45) is 0. The first-order valence-corrected chi connectivity index (χ1v) is 9.55. The third kappa shape index (κ3) is 4.86. The maximum atomic E-state index is 14.0. The van der Waals surface area contributed by atoms with Gasteiger partial charge in [0.15, 0.2) is 0 Å². The van der Waals surface area contributed by atoms with Gasteiger partial charge >= 0.3 is 0 Å². The van der Waals surface area contributed by atoms with Crippen LogP contribution in [0.5, 0.6) is 0 Å². The minimum absolute atomic E-state index is 0.0359. The Labute approximate surface area is 164 Å². The van der Waals surface area contributed by atoms with Crippen LogP contribution in [0.1, 0.15) is 27.5 Å². The molecule has 1 amide bonds. The highest BCUT2D eigenvalue weighted by atomic mass is 35.5. The molecule has 2 aromatic rings. The number of nitrogens with zero attached hydrogens (tertiary/aromatic N) is 2. The van der Waals surface area contributed by atoms with Crippen molar-refractivity contribution in [2.75, 3.05) is 39.8 Å². The Bertz CT molecular complexity index is 768. The molecule has 0 bridgehead atoms. The lowest BCUT2D eigenvalue weighted by Crippen LogP contribution is -2.48. The molecule has 0 aliphatic carbocycles. The first-order valence-electron chi connectivity index (χ1n) is 9.17. The smallest absolute Gasteiger partial charge is 0.255 e. The van der Waals surface area contributed by atoms with Gasteiger partial charge in [0, 0.05) is 32.7 Å². The summed E-state index contributed by atoms with van der Waals surface area (Å²) in [5.74, 6) is -1.09. The fourth-order valence-electron chi connectivity index (χ4n) is 3.37. The summed E-state index contributed by atoms with van der Waals surface area (Å²) < 4.78 is 14.0. The van der Waals surface area contributed by atoms with Crippen LogP contribution in [0.2, 0.25) is 5.02 Å². The zero-order valence-corrected chi connectivity index (χ0v) is 16.5. The molecule has 0 radical (unpaired) electrons. The summed E-state index contributed by atoms with van der Waals surface area (Å²) in [6, 6.07) is 12.7. The Morgan fingerprint density at radius 2 is 1.81 bits per heavy atom. The summed E-state index contributed by atoms with van der Waals surface area (Å²) >= 11 is 6.02. The Morgan fingerprint density at radius 1 is 1.15 bits per heavy atom. The van der Waals surface area contributed by atoms with Gasteiger partial charge in [0.2, 0.25) is 0 Å². The van der Waals surface area contributed by atoms with E-state index in [4.69, 9.17) is 11.6 Å². The number of carbonyl (C=O) groups is 1. The van der Waals surface area contributed by atoms with Crippen molar-refractivity contribution in [3.05, 3.63) is 70.0 Å². The molecule has 2 aromatic carbocycles. The predicted octanol–water partition coefficient (Wildman–Crippen LogP) is 3.51. The van der Waals surface area contributed by atoms with E-state index < -0.39 is 11.7 Å². The topological polar surface area (TPSA) is 35.6 Å². The number of hydrogen-bond donors (Lipinski definition) is 1. The standard InChI is InChI=1S/C21H25ClFN3O/c1-15-6-8-16(9-7-15)19(26-12-10-25(2)11-13-26)14-24-21(27)20-17(22)4-3-5-18(20)23/h3-9,19H,10-14H2,1-2H3,(H,24,27). The van der Waals surface area contributed by atoms with E-state index in [0.717, 1.165) is 31.7 Å². The lowest BCUT2D eigenvalue weighted by Gasteiger charge is -2.38. The molecule has 1 fully saturated rings. The molecule has 4 nitrogen and oxygen atoms in total. The zero-order valence-electron chi connectivity index (χ0n) is 15.7. The van der Waals surface area contributed by atoms with Gasteiger partial charge in [-0.05, 0) is 31.7 Å². The van der Waals surface area contributed by atoms with E-state index in [-0.39, 0.29) is 16.6 Å². The second-order valence-corrected chi connectivity index (χ2v) is 7.48. The van der Waals surface area contributed by atoms with Crippen molar-refractivity contribution in [2.45, 2.75) is 13.0 Å². The molecule has 1 aliphatic rings. The second-order valence-electron chi connectivity index (χ2n) is 7.07. The third-order valence-electron chi connectivity index (χ3n) is 5.09. The van der Waals surface area contributed by atoms with Gasteiger partial charge in [-0.2, -0.15) is 0 Å². The minimum atomic E-state index is -0.605. The van der Waals surface area contributed by atoms with Crippen molar-refractivity contribution in [3.63, 3.8) is 0 Å². The predicted molar refractivity (Wildman–Crippen MR) is 107 cm³/mol. The van der Waals surface area contributed by atoms with Crippen molar-refractivity contribution >= 4 is 17.5 Å². The van der Waals surface area contributed by atoms with Gasteiger partial charge in [-0.1, -0.05) is 47.5 Å². The van der Waals surface area contributed by atoms with Gasteiger partial charge in [-0.15, -0.1) is 0 Å². The van der Waals surface area contributed by atoms with Crippen molar-refractivity contribution in [3.8, 4) is 0 Å². The SMILES string of the molecule is Cc1ccc(C(CNC(=O)c2c(F)cccc2Cl)N2CCN(C)CC2)cc1. The van der Waals surface area contributed by atoms with E-state index in [0.29, 0.717) is 6.54 Å². The molecule has 1 heterocycles. The Morgan fingerprint density at radius 3 is 2.44 bits per heavy atom. The molecular weight excluding hydrogens is 365 g/mol. The summed E-state index contributed by atoms with van der Waals surface area (Å²) in [5, 5.41) is 3.01. The fourth-order valence-corrected chi connectivity index (χ4v) is 3.62. The van der Waals surface area contributed by atoms with E-state index in [1.807, 2.05) is 0 Å². The molecule has 6 heteroatoms. The Kier molecular flexibility index (Phi) is 6.47. The van der Waals surface area contributed by atoms with Gasteiger partial charge in [0.05, 0.1) is 16.6 Å². The van der Waals surface area contributed by atoms with Crippen LogP contribution < -0.4 is 5.32 Å². The second kappa shape index (κ2) is 8.83. The minimum Gasteiger partial charge on any atom is -0.350 e. The van der Waals surface area contributed by atoms with E-state index in [1.165, 1.54) is 23.8 Å². The zero-order chi connectivity index (χ0) is 19.4. The third-order valence-corrected chi connectivity index (χ3v) is 5.40. The number of piperazine rings is 1. The number of carbonyl (C=O) groups excluding carboxylic acids is 1. The first-order chi connectivity index (χ1) is 13.0. The molecule has 0 aromatic heterocycles. The lowest BCUT2D eigenvalue weighted by molar-refractivity contribution is 0.0883. The average molecular weight is 390 g/mol. The van der Waals surface area contributed by atoms with Gasteiger partial charge in [0.1, 0.15) is 5.82 Å². The highest BCUT2D eigenvalue weighted by molar-refractivity contribution is 6.33. The molecule has 0 spiro atoms. The van der Waals surface area contributed by atoms with Crippen LogP contribution in [0.3, 0.4) is 0 Å². The lowest BCUT2D eigenvalue weighted by atomic mass is 10.0. The number of rotatable bonds is 5. The number of hydrogen-bond acceptors (Lipinski definition) is 3. The van der Waals surface area contributed by atoms with Crippen LogP contribution in [0.4, 0.5) is 4.39 Å². The maximum absolute atomic E-state index is 14.0. The monoisotopic (exact) mass is 389 g/mol. The fraction of sp³-hybridized carbons (Fsp3) is 0.381. The van der Waals surface area contributed by atoms with Gasteiger partial charge < -0.3 is 10.2 Å². The summed E-state index contributed by atoms with van der Waals surface area (Å²) in [5.41, 5.74) is 2.24. The highest BCUT2D eigenvalue weighted by Crippen LogP contribution is 2.23. The largest absolute Gasteiger partial charge is 0.350 e. The first kappa shape index (κ1) is 19.8. The number of benzene rings is 2. The van der Waals surface area contributed by atoms with Crippen molar-refractivity contribution in [2.24, 2.45) is 0 Å². The molecule has 0 saturated carbocycles. The summed E-state index contributed by atoms with van der Waals surface area (Å²) in [6.45, 7) is 6.26. The van der Waals surface area contributed by atoms with Crippen molar-refractivity contribution < 1.29 is 9.18 Å². The van der Waals surface area contributed by atoms with Gasteiger partial charge in [0.25, 0.3) is 5.91 Å². The number of halogens is 2. The molecular formula is C21H25ClFN3O. The molecule has 1 aliphatic heterocycles. The van der Waals surface area contributed by atoms with Crippen LogP contribution >= 0.6 is 11.6 Å². The molecule has 1 saturated heterocycles.